The van der Waals surface area contributed by atoms with E-state index in [1.807, 2.05) is 35.0 Å². The summed E-state index contributed by atoms with van der Waals surface area (Å²) in [5.41, 5.74) is 2.52. The summed E-state index contributed by atoms with van der Waals surface area (Å²) in [7, 11) is -2.09. The SMILES string of the molecule is CNS(=O)(=O)c1ccc(/C=C/C(=O)NCCc2cn3ccccc3n2)cc1. The van der Waals surface area contributed by atoms with Crippen LogP contribution in [-0.2, 0) is 21.2 Å². The van der Waals surface area contributed by atoms with E-state index in [0.29, 0.717) is 13.0 Å². The number of hydrogen-bond acceptors (Lipinski definition) is 4. The van der Waals surface area contributed by atoms with Crippen LogP contribution in [0.3, 0.4) is 0 Å². The zero-order valence-corrected chi connectivity index (χ0v) is 15.6. The van der Waals surface area contributed by atoms with Crippen molar-refractivity contribution in [2.75, 3.05) is 13.6 Å². The fourth-order valence-electron chi connectivity index (χ4n) is 2.53. The van der Waals surface area contributed by atoms with E-state index in [0.717, 1.165) is 16.9 Å². The third-order valence-corrected chi connectivity index (χ3v) is 5.41. The molecule has 3 rings (SSSR count). The Balaban J connectivity index is 1.51. The highest BCUT2D eigenvalue weighted by Gasteiger charge is 2.09. The van der Waals surface area contributed by atoms with Crippen LogP contribution in [0, 0.1) is 0 Å². The van der Waals surface area contributed by atoms with E-state index in [1.165, 1.54) is 25.3 Å². The second kappa shape index (κ2) is 8.15. The molecule has 0 bridgehead atoms. The molecule has 8 heteroatoms. The van der Waals surface area contributed by atoms with Crippen LogP contribution in [0.25, 0.3) is 11.7 Å². The highest BCUT2D eigenvalue weighted by Crippen LogP contribution is 2.11. The van der Waals surface area contributed by atoms with Crippen molar-refractivity contribution in [1.29, 1.82) is 0 Å². The quantitative estimate of drug-likeness (QED) is 0.606. The van der Waals surface area contributed by atoms with Crippen LogP contribution in [0.2, 0.25) is 0 Å². The van der Waals surface area contributed by atoms with Gasteiger partial charge in [0.2, 0.25) is 15.9 Å². The summed E-state index contributed by atoms with van der Waals surface area (Å²) in [4.78, 5) is 16.6. The van der Waals surface area contributed by atoms with Gasteiger partial charge in [0.1, 0.15) is 5.65 Å². The number of carbonyl (C=O) groups excluding carboxylic acids is 1. The van der Waals surface area contributed by atoms with Crippen LogP contribution < -0.4 is 10.0 Å². The Morgan fingerprint density at radius 3 is 2.67 bits per heavy atom. The molecule has 0 saturated carbocycles. The van der Waals surface area contributed by atoms with Crippen molar-refractivity contribution in [2.45, 2.75) is 11.3 Å². The van der Waals surface area contributed by atoms with Gasteiger partial charge in [-0.05, 0) is 43.0 Å². The van der Waals surface area contributed by atoms with Crippen LogP contribution in [0.5, 0.6) is 0 Å². The predicted octanol–water partition coefficient (Wildman–Crippen LogP) is 1.61. The molecule has 0 fully saturated rings. The first-order valence-corrected chi connectivity index (χ1v) is 9.88. The van der Waals surface area contributed by atoms with Crippen molar-refractivity contribution in [1.82, 2.24) is 19.4 Å². The number of imidazole rings is 1. The summed E-state index contributed by atoms with van der Waals surface area (Å²) in [6.07, 6.45) is 7.57. The zero-order chi connectivity index (χ0) is 19.3. The van der Waals surface area contributed by atoms with Gasteiger partial charge in [0.05, 0.1) is 10.6 Å². The van der Waals surface area contributed by atoms with E-state index < -0.39 is 10.0 Å². The molecule has 0 unspecified atom stereocenters. The summed E-state index contributed by atoms with van der Waals surface area (Å²) in [5.74, 6) is -0.217. The molecular formula is C19H20N4O3S. The van der Waals surface area contributed by atoms with Crippen molar-refractivity contribution >= 4 is 27.7 Å². The first-order valence-electron chi connectivity index (χ1n) is 8.40. The van der Waals surface area contributed by atoms with Gasteiger partial charge in [-0.2, -0.15) is 0 Å². The van der Waals surface area contributed by atoms with Crippen LogP contribution in [-0.4, -0.2) is 37.3 Å². The van der Waals surface area contributed by atoms with Crippen molar-refractivity contribution in [3.8, 4) is 0 Å². The Labute approximate surface area is 157 Å². The lowest BCUT2D eigenvalue weighted by atomic mass is 10.2. The molecule has 0 aliphatic carbocycles. The molecule has 0 atom stereocenters. The Morgan fingerprint density at radius 1 is 1.19 bits per heavy atom. The van der Waals surface area contributed by atoms with Crippen LogP contribution in [0.1, 0.15) is 11.3 Å². The molecule has 2 aromatic heterocycles. The molecule has 1 aromatic carbocycles. The summed E-state index contributed by atoms with van der Waals surface area (Å²) in [5, 5.41) is 2.81. The number of pyridine rings is 1. The second-order valence-electron chi connectivity index (χ2n) is 5.85. The molecular weight excluding hydrogens is 364 g/mol. The van der Waals surface area contributed by atoms with E-state index in [-0.39, 0.29) is 10.8 Å². The number of fused-ring (bicyclic) bond motifs is 1. The van der Waals surface area contributed by atoms with Gasteiger partial charge in [0, 0.05) is 31.4 Å². The van der Waals surface area contributed by atoms with Gasteiger partial charge in [-0.3, -0.25) is 4.79 Å². The van der Waals surface area contributed by atoms with E-state index in [2.05, 4.69) is 15.0 Å². The molecule has 2 N–H and O–H groups in total. The van der Waals surface area contributed by atoms with Gasteiger partial charge in [-0.1, -0.05) is 18.2 Å². The van der Waals surface area contributed by atoms with Gasteiger partial charge < -0.3 is 9.72 Å². The fourth-order valence-corrected chi connectivity index (χ4v) is 3.26. The summed E-state index contributed by atoms with van der Waals surface area (Å²) < 4.78 is 27.5. The minimum absolute atomic E-state index is 0.180. The molecule has 1 amide bonds. The molecule has 0 aliphatic heterocycles. The number of sulfonamides is 1. The summed E-state index contributed by atoms with van der Waals surface area (Å²) >= 11 is 0. The number of rotatable bonds is 7. The molecule has 3 aromatic rings. The van der Waals surface area contributed by atoms with Gasteiger partial charge in [-0.15, -0.1) is 0 Å². The number of amides is 1. The molecule has 27 heavy (non-hydrogen) atoms. The van der Waals surface area contributed by atoms with Gasteiger partial charge in [0.15, 0.2) is 0 Å². The Hall–Kier alpha value is -2.97. The number of nitrogens with one attached hydrogen (secondary N) is 2. The first-order chi connectivity index (χ1) is 13.0. The topological polar surface area (TPSA) is 92.6 Å². The van der Waals surface area contributed by atoms with Crippen LogP contribution in [0.4, 0.5) is 0 Å². The molecule has 0 radical (unpaired) electrons. The molecule has 7 nitrogen and oxygen atoms in total. The maximum Gasteiger partial charge on any atom is 0.244 e. The predicted molar refractivity (Wildman–Crippen MR) is 104 cm³/mol. The first kappa shape index (κ1) is 18.8. The zero-order valence-electron chi connectivity index (χ0n) is 14.8. The van der Waals surface area contributed by atoms with Crippen molar-refractivity contribution in [3.63, 3.8) is 0 Å². The van der Waals surface area contributed by atoms with Crippen molar-refractivity contribution in [3.05, 3.63) is 72.2 Å². The maximum atomic E-state index is 11.9. The third-order valence-electron chi connectivity index (χ3n) is 3.98. The minimum Gasteiger partial charge on any atom is -0.352 e. The number of hydrogen-bond donors (Lipinski definition) is 2. The largest absolute Gasteiger partial charge is 0.352 e. The van der Waals surface area contributed by atoms with E-state index in [1.54, 1.807) is 18.2 Å². The van der Waals surface area contributed by atoms with Gasteiger partial charge in [0.25, 0.3) is 0 Å². The average molecular weight is 384 g/mol. The molecule has 140 valence electrons. The normalized spacial score (nSPS) is 11.9. The number of benzene rings is 1. The van der Waals surface area contributed by atoms with Crippen LogP contribution >= 0.6 is 0 Å². The lowest BCUT2D eigenvalue weighted by molar-refractivity contribution is -0.116. The van der Waals surface area contributed by atoms with E-state index in [4.69, 9.17) is 0 Å². The van der Waals surface area contributed by atoms with Crippen LogP contribution in [0.15, 0.2) is 65.8 Å². The second-order valence-corrected chi connectivity index (χ2v) is 7.74. The number of nitrogens with zero attached hydrogens (tertiary/aromatic N) is 2. The number of carbonyl (C=O) groups is 1. The lowest BCUT2D eigenvalue weighted by Crippen LogP contribution is -2.23. The highest BCUT2D eigenvalue weighted by atomic mass is 32.2. The monoisotopic (exact) mass is 384 g/mol. The van der Waals surface area contributed by atoms with Gasteiger partial charge in [-0.25, -0.2) is 18.1 Å². The van der Waals surface area contributed by atoms with Crippen molar-refractivity contribution in [2.24, 2.45) is 0 Å². The Morgan fingerprint density at radius 2 is 1.96 bits per heavy atom. The summed E-state index contributed by atoms with van der Waals surface area (Å²) in [6.45, 7) is 0.479. The standard InChI is InChI=1S/C19H20N4O3S/c1-20-27(25,26)17-8-5-15(6-9-17)7-10-19(24)21-12-11-16-14-23-13-3-2-4-18(23)22-16/h2-10,13-14,20H,11-12H2,1H3,(H,21,24)/b10-7+. The third kappa shape index (κ3) is 4.81. The highest BCUT2D eigenvalue weighted by molar-refractivity contribution is 7.89. The Bertz CT molecular complexity index is 1040. The summed E-state index contributed by atoms with van der Waals surface area (Å²) in [6, 6.07) is 12.1. The average Bonchev–Trinajstić information content (AvgIpc) is 3.09. The molecule has 0 aliphatic rings. The fraction of sp³-hybridized carbons (Fsp3) is 0.158. The minimum atomic E-state index is -3.46. The molecule has 2 heterocycles. The maximum absolute atomic E-state index is 11.9. The molecule has 0 saturated heterocycles. The van der Waals surface area contributed by atoms with Gasteiger partial charge >= 0.3 is 0 Å². The van der Waals surface area contributed by atoms with Crippen molar-refractivity contribution < 1.29 is 13.2 Å². The van der Waals surface area contributed by atoms with E-state index in [9.17, 15) is 13.2 Å². The number of aromatic nitrogens is 2. The molecule has 0 spiro atoms. The smallest absolute Gasteiger partial charge is 0.244 e. The lowest BCUT2D eigenvalue weighted by Gasteiger charge is -2.02. The van der Waals surface area contributed by atoms with E-state index >= 15 is 0 Å². The Kier molecular flexibility index (Phi) is 5.68.